The third-order valence-corrected chi connectivity index (χ3v) is 4.67. The second kappa shape index (κ2) is 8.67. The Morgan fingerprint density at radius 3 is 2.64 bits per heavy atom. The van der Waals surface area contributed by atoms with Gasteiger partial charge in [0.2, 0.25) is 0 Å². The van der Waals surface area contributed by atoms with Crippen molar-refractivity contribution in [2.45, 2.75) is 25.4 Å². The number of hydrogen-bond donors (Lipinski definition) is 1. The average molecular weight is 378 g/mol. The standard InChI is InChI=1S/C21H22N4O3/c26-21(19-6-1-2-7-20(19)25-14-22-23-15-25)24-16-8-10-17(11-9-16)28-13-18-5-3-4-12-27-18/h1-2,6-11,14-15,18H,3-5,12-13H2,(H,24,26). The van der Waals surface area contributed by atoms with Gasteiger partial charge in [0.15, 0.2) is 0 Å². The minimum Gasteiger partial charge on any atom is -0.491 e. The monoisotopic (exact) mass is 378 g/mol. The zero-order valence-corrected chi connectivity index (χ0v) is 15.5. The van der Waals surface area contributed by atoms with E-state index in [0.29, 0.717) is 17.9 Å². The van der Waals surface area contributed by atoms with E-state index in [1.54, 1.807) is 23.3 Å². The highest BCUT2D eigenvalue weighted by Gasteiger charge is 2.15. The topological polar surface area (TPSA) is 78.3 Å². The fraction of sp³-hybridized carbons (Fsp3) is 0.286. The maximum Gasteiger partial charge on any atom is 0.257 e. The van der Waals surface area contributed by atoms with Crippen molar-refractivity contribution >= 4 is 11.6 Å². The number of aromatic nitrogens is 3. The van der Waals surface area contributed by atoms with Crippen LogP contribution in [0.5, 0.6) is 5.75 Å². The third kappa shape index (κ3) is 4.37. The molecule has 1 aromatic heterocycles. The number of amides is 1. The zero-order valence-electron chi connectivity index (χ0n) is 15.5. The van der Waals surface area contributed by atoms with E-state index < -0.39 is 0 Å². The Morgan fingerprint density at radius 1 is 1.11 bits per heavy atom. The minimum absolute atomic E-state index is 0.169. The van der Waals surface area contributed by atoms with E-state index in [-0.39, 0.29) is 12.0 Å². The number of benzene rings is 2. The van der Waals surface area contributed by atoms with Gasteiger partial charge in [-0.25, -0.2) is 0 Å². The molecular formula is C21H22N4O3. The van der Waals surface area contributed by atoms with Crippen molar-refractivity contribution < 1.29 is 14.3 Å². The minimum atomic E-state index is -0.200. The fourth-order valence-electron chi connectivity index (χ4n) is 3.18. The van der Waals surface area contributed by atoms with Crippen LogP contribution in [0.1, 0.15) is 29.6 Å². The van der Waals surface area contributed by atoms with Crippen LogP contribution in [0.25, 0.3) is 5.69 Å². The molecular weight excluding hydrogens is 356 g/mol. The Morgan fingerprint density at radius 2 is 1.89 bits per heavy atom. The summed E-state index contributed by atoms with van der Waals surface area (Å²) in [5.74, 6) is 0.561. The van der Waals surface area contributed by atoms with Gasteiger partial charge in [0.05, 0.1) is 17.4 Å². The lowest BCUT2D eigenvalue weighted by molar-refractivity contribution is -0.0110. The van der Waals surface area contributed by atoms with Crippen LogP contribution in [0.3, 0.4) is 0 Å². The number of carbonyl (C=O) groups is 1. The maximum absolute atomic E-state index is 12.7. The number of hydrogen-bond acceptors (Lipinski definition) is 5. The van der Waals surface area contributed by atoms with Gasteiger partial charge in [-0.05, 0) is 55.7 Å². The quantitative estimate of drug-likeness (QED) is 0.711. The second-order valence-corrected chi connectivity index (χ2v) is 6.66. The van der Waals surface area contributed by atoms with Gasteiger partial charge in [0.25, 0.3) is 5.91 Å². The number of nitrogens with zero attached hydrogens (tertiary/aromatic N) is 3. The molecule has 28 heavy (non-hydrogen) atoms. The molecule has 1 atom stereocenters. The summed E-state index contributed by atoms with van der Waals surface area (Å²) in [6.07, 6.45) is 6.66. The molecule has 2 heterocycles. The van der Waals surface area contributed by atoms with Crippen molar-refractivity contribution in [3.05, 3.63) is 66.7 Å². The van der Waals surface area contributed by atoms with Crippen LogP contribution in [0.4, 0.5) is 5.69 Å². The van der Waals surface area contributed by atoms with E-state index in [0.717, 1.165) is 30.9 Å². The number of ether oxygens (including phenoxy) is 2. The Bertz CT molecular complexity index is 904. The first-order valence-electron chi connectivity index (χ1n) is 9.39. The molecule has 7 nitrogen and oxygen atoms in total. The summed E-state index contributed by atoms with van der Waals surface area (Å²) >= 11 is 0. The number of rotatable bonds is 6. The van der Waals surface area contributed by atoms with Crippen LogP contribution in [0.15, 0.2) is 61.2 Å². The predicted octanol–water partition coefficient (Wildman–Crippen LogP) is 3.47. The lowest BCUT2D eigenvalue weighted by atomic mass is 10.1. The lowest BCUT2D eigenvalue weighted by Gasteiger charge is -2.22. The molecule has 0 saturated carbocycles. The lowest BCUT2D eigenvalue weighted by Crippen LogP contribution is -2.25. The highest BCUT2D eigenvalue weighted by molar-refractivity contribution is 6.06. The molecule has 1 saturated heterocycles. The van der Waals surface area contributed by atoms with Gasteiger partial charge < -0.3 is 14.8 Å². The summed E-state index contributed by atoms with van der Waals surface area (Å²) in [5.41, 5.74) is 1.96. The third-order valence-electron chi connectivity index (χ3n) is 4.67. The molecule has 7 heteroatoms. The van der Waals surface area contributed by atoms with E-state index in [4.69, 9.17) is 9.47 Å². The number of carbonyl (C=O) groups excluding carboxylic acids is 1. The molecule has 0 bridgehead atoms. The second-order valence-electron chi connectivity index (χ2n) is 6.66. The van der Waals surface area contributed by atoms with Gasteiger partial charge in [-0.1, -0.05) is 12.1 Å². The summed E-state index contributed by atoms with van der Waals surface area (Å²) in [6.45, 7) is 1.37. The van der Waals surface area contributed by atoms with Crippen LogP contribution >= 0.6 is 0 Å². The van der Waals surface area contributed by atoms with Crippen LogP contribution < -0.4 is 10.1 Å². The molecule has 4 rings (SSSR count). The first-order chi connectivity index (χ1) is 13.8. The molecule has 0 spiro atoms. The zero-order chi connectivity index (χ0) is 19.2. The number of nitrogens with one attached hydrogen (secondary N) is 1. The van der Waals surface area contributed by atoms with Crippen molar-refractivity contribution in [3.63, 3.8) is 0 Å². The highest BCUT2D eigenvalue weighted by atomic mass is 16.5. The fourth-order valence-corrected chi connectivity index (χ4v) is 3.18. The molecule has 1 N–H and O–H groups in total. The first kappa shape index (κ1) is 18.2. The molecule has 1 amide bonds. The summed E-state index contributed by atoms with van der Waals surface area (Å²) in [6, 6.07) is 14.7. The van der Waals surface area contributed by atoms with Crippen molar-refractivity contribution in [2.24, 2.45) is 0 Å². The normalized spacial score (nSPS) is 16.5. The predicted molar refractivity (Wildman–Crippen MR) is 105 cm³/mol. The van der Waals surface area contributed by atoms with Crippen molar-refractivity contribution in [1.82, 2.24) is 14.8 Å². The van der Waals surface area contributed by atoms with Gasteiger partial charge in [-0.15, -0.1) is 10.2 Å². The molecule has 3 aromatic rings. The van der Waals surface area contributed by atoms with Crippen LogP contribution in [-0.2, 0) is 4.74 Å². The van der Waals surface area contributed by atoms with E-state index in [1.807, 2.05) is 42.5 Å². The van der Waals surface area contributed by atoms with Crippen LogP contribution in [-0.4, -0.2) is 40.0 Å². The van der Waals surface area contributed by atoms with Gasteiger partial charge in [-0.3, -0.25) is 9.36 Å². The summed E-state index contributed by atoms with van der Waals surface area (Å²) in [4.78, 5) is 12.7. The SMILES string of the molecule is O=C(Nc1ccc(OCC2CCCCO2)cc1)c1ccccc1-n1cnnc1. The van der Waals surface area contributed by atoms with Crippen LogP contribution in [0, 0.1) is 0 Å². The molecule has 1 aliphatic heterocycles. The summed E-state index contributed by atoms with van der Waals surface area (Å²) < 4.78 is 13.2. The van der Waals surface area contributed by atoms with E-state index in [9.17, 15) is 4.79 Å². The molecule has 144 valence electrons. The Kier molecular flexibility index (Phi) is 5.63. The average Bonchev–Trinajstić information content (AvgIpc) is 3.29. The van der Waals surface area contributed by atoms with Crippen molar-refractivity contribution in [1.29, 1.82) is 0 Å². The summed E-state index contributed by atoms with van der Waals surface area (Å²) in [7, 11) is 0. The molecule has 1 unspecified atom stereocenters. The van der Waals surface area contributed by atoms with Gasteiger partial charge in [0, 0.05) is 12.3 Å². The molecule has 1 fully saturated rings. The molecule has 1 aliphatic rings. The Balaban J connectivity index is 1.39. The van der Waals surface area contributed by atoms with E-state index >= 15 is 0 Å². The maximum atomic E-state index is 12.7. The smallest absolute Gasteiger partial charge is 0.257 e. The largest absolute Gasteiger partial charge is 0.491 e. The van der Waals surface area contributed by atoms with E-state index in [1.165, 1.54) is 6.42 Å². The highest BCUT2D eigenvalue weighted by Crippen LogP contribution is 2.20. The van der Waals surface area contributed by atoms with E-state index in [2.05, 4.69) is 15.5 Å². The van der Waals surface area contributed by atoms with Crippen molar-refractivity contribution in [2.75, 3.05) is 18.5 Å². The molecule has 0 radical (unpaired) electrons. The first-order valence-corrected chi connectivity index (χ1v) is 9.39. The summed E-state index contributed by atoms with van der Waals surface area (Å²) in [5, 5.41) is 10.5. The van der Waals surface area contributed by atoms with Crippen molar-refractivity contribution in [3.8, 4) is 11.4 Å². The van der Waals surface area contributed by atoms with Gasteiger partial charge in [-0.2, -0.15) is 0 Å². The Hall–Kier alpha value is -3.19. The molecule has 0 aliphatic carbocycles. The number of anilines is 1. The number of para-hydroxylation sites is 1. The van der Waals surface area contributed by atoms with Gasteiger partial charge in [0.1, 0.15) is 25.0 Å². The Labute approximate surface area is 163 Å². The molecule has 2 aromatic carbocycles. The van der Waals surface area contributed by atoms with Crippen LogP contribution in [0.2, 0.25) is 0 Å². The van der Waals surface area contributed by atoms with Gasteiger partial charge >= 0.3 is 0 Å².